The average Bonchev–Trinajstić information content (AvgIpc) is 2.77. The normalized spacial score (nSPS) is 12.1. The molecule has 0 aliphatic carbocycles. The van der Waals surface area contributed by atoms with E-state index in [4.69, 9.17) is 17.3 Å². The first-order valence-electron chi connectivity index (χ1n) is 5.23. The Kier molecular flexibility index (Phi) is 4.56. The number of amides is 1. The second-order valence-electron chi connectivity index (χ2n) is 3.50. The number of nitrogens with two attached hydrogens (primary N) is 1. The highest BCUT2D eigenvalue weighted by Gasteiger charge is 2.17. The van der Waals surface area contributed by atoms with Crippen LogP contribution in [0, 0.1) is 0 Å². The fourth-order valence-electron chi connectivity index (χ4n) is 1.19. The van der Waals surface area contributed by atoms with E-state index in [9.17, 15) is 4.79 Å². The highest BCUT2D eigenvalue weighted by molar-refractivity contribution is 8.02. The molecule has 0 fully saturated rings. The number of nitrogens with zero attached hydrogens (tertiary/aromatic N) is 3. The van der Waals surface area contributed by atoms with Crippen LogP contribution in [-0.4, -0.2) is 26.3 Å². The lowest BCUT2D eigenvalue weighted by atomic mass is 10.4. The zero-order valence-corrected chi connectivity index (χ0v) is 12.2. The largest absolute Gasteiger partial charge is 0.374 e. The first-order chi connectivity index (χ1) is 9.06. The molecule has 2 aromatic heterocycles. The number of nitrogens with one attached hydrogen (secondary N) is 1. The molecule has 0 spiro atoms. The third-order valence-corrected chi connectivity index (χ3v) is 4.32. The molecule has 0 aromatic carbocycles. The number of pyridine rings is 1. The molecule has 19 heavy (non-hydrogen) atoms. The van der Waals surface area contributed by atoms with Crippen LogP contribution in [0.15, 0.2) is 22.7 Å². The van der Waals surface area contributed by atoms with Gasteiger partial charge in [0.1, 0.15) is 0 Å². The number of aromatic nitrogens is 3. The number of halogens is 1. The summed E-state index contributed by atoms with van der Waals surface area (Å²) >= 11 is 8.40. The van der Waals surface area contributed by atoms with Crippen LogP contribution in [0.1, 0.15) is 6.92 Å². The molecular formula is C10H10ClN5OS2. The van der Waals surface area contributed by atoms with Crippen LogP contribution < -0.4 is 11.1 Å². The van der Waals surface area contributed by atoms with E-state index in [1.807, 2.05) is 0 Å². The summed E-state index contributed by atoms with van der Waals surface area (Å²) in [6, 6.07) is 3.39. The van der Waals surface area contributed by atoms with Gasteiger partial charge >= 0.3 is 0 Å². The number of hydrogen-bond donors (Lipinski definition) is 2. The van der Waals surface area contributed by atoms with Gasteiger partial charge in [-0.15, -0.1) is 10.2 Å². The quantitative estimate of drug-likeness (QED) is 0.664. The predicted molar refractivity (Wildman–Crippen MR) is 77.5 cm³/mol. The first-order valence-corrected chi connectivity index (χ1v) is 7.30. The number of rotatable bonds is 4. The second kappa shape index (κ2) is 6.18. The van der Waals surface area contributed by atoms with Crippen molar-refractivity contribution in [2.45, 2.75) is 16.5 Å². The highest BCUT2D eigenvalue weighted by Crippen LogP contribution is 2.28. The van der Waals surface area contributed by atoms with Crippen molar-refractivity contribution < 1.29 is 4.79 Å². The van der Waals surface area contributed by atoms with Gasteiger partial charge in [-0.2, -0.15) is 0 Å². The Morgan fingerprint density at radius 3 is 3.00 bits per heavy atom. The highest BCUT2D eigenvalue weighted by atomic mass is 35.5. The molecule has 1 unspecified atom stereocenters. The number of carbonyl (C=O) groups is 1. The van der Waals surface area contributed by atoms with Gasteiger partial charge in [0.2, 0.25) is 11.0 Å². The maximum absolute atomic E-state index is 12.0. The van der Waals surface area contributed by atoms with Crippen molar-refractivity contribution >= 4 is 51.4 Å². The Morgan fingerprint density at radius 2 is 2.37 bits per heavy atom. The molecule has 1 amide bonds. The summed E-state index contributed by atoms with van der Waals surface area (Å²) in [5.74, 6) is -0.186. The lowest BCUT2D eigenvalue weighted by Gasteiger charge is -2.10. The Bertz CT molecular complexity index is 591. The third-order valence-electron chi connectivity index (χ3n) is 2.09. The molecule has 9 heteroatoms. The van der Waals surface area contributed by atoms with Gasteiger partial charge in [-0.05, 0) is 19.1 Å². The molecule has 1 atom stereocenters. The van der Waals surface area contributed by atoms with Gasteiger partial charge in [-0.3, -0.25) is 4.79 Å². The van der Waals surface area contributed by atoms with Crippen LogP contribution in [0.5, 0.6) is 0 Å². The van der Waals surface area contributed by atoms with Gasteiger partial charge in [-0.1, -0.05) is 34.7 Å². The standard InChI is InChI=1S/C10H10ClN5OS2/c1-5(18-10-16-15-9(12)19-10)8(17)14-6-3-2-4-13-7(6)11/h2-5H,1H3,(H2,12,15)(H,14,17). The van der Waals surface area contributed by atoms with Crippen molar-refractivity contribution in [3.05, 3.63) is 23.5 Å². The van der Waals surface area contributed by atoms with Gasteiger partial charge < -0.3 is 11.1 Å². The third kappa shape index (κ3) is 3.79. The fraction of sp³-hybridized carbons (Fsp3) is 0.200. The summed E-state index contributed by atoms with van der Waals surface area (Å²) in [6.07, 6.45) is 1.56. The molecule has 6 nitrogen and oxygen atoms in total. The SMILES string of the molecule is CC(Sc1nnc(N)s1)C(=O)Nc1cccnc1Cl. The van der Waals surface area contributed by atoms with Crippen molar-refractivity contribution in [3.63, 3.8) is 0 Å². The predicted octanol–water partition coefficient (Wildman–Crippen LogP) is 2.29. The Balaban J connectivity index is 1.98. The maximum atomic E-state index is 12.0. The summed E-state index contributed by atoms with van der Waals surface area (Å²) in [5.41, 5.74) is 5.96. The van der Waals surface area contributed by atoms with Gasteiger partial charge in [0.15, 0.2) is 9.49 Å². The molecule has 2 heterocycles. The van der Waals surface area contributed by atoms with E-state index in [0.29, 0.717) is 15.2 Å². The number of anilines is 2. The molecule has 2 rings (SSSR count). The van der Waals surface area contributed by atoms with Crippen LogP contribution in [0.25, 0.3) is 0 Å². The van der Waals surface area contributed by atoms with Gasteiger partial charge in [0, 0.05) is 6.20 Å². The average molecular weight is 316 g/mol. The summed E-state index contributed by atoms with van der Waals surface area (Å²) < 4.78 is 0.650. The molecular weight excluding hydrogens is 306 g/mol. The number of thioether (sulfide) groups is 1. The van der Waals surface area contributed by atoms with E-state index in [1.54, 1.807) is 25.3 Å². The summed E-state index contributed by atoms with van der Waals surface area (Å²) in [7, 11) is 0. The van der Waals surface area contributed by atoms with E-state index < -0.39 is 0 Å². The van der Waals surface area contributed by atoms with Crippen molar-refractivity contribution in [2.24, 2.45) is 0 Å². The smallest absolute Gasteiger partial charge is 0.237 e. The van der Waals surface area contributed by atoms with Crippen LogP contribution in [0.2, 0.25) is 5.15 Å². The zero-order chi connectivity index (χ0) is 13.8. The molecule has 0 aliphatic rings. The fourth-order valence-corrected chi connectivity index (χ4v) is 3.13. The minimum Gasteiger partial charge on any atom is -0.374 e. The molecule has 3 N–H and O–H groups in total. The Hall–Kier alpha value is -1.38. The monoisotopic (exact) mass is 315 g/mol. The minimum atomic E-state index is -0.344. The van der Waals surface area contributed by atoms with Crippen molar-refractivity contribution in [3.8, 4) is 0 Å². The van der Waals surface area contributed by atoms with Crippen LogP contribution in [-0.2, 0) is 4.79 Å². The molecule has 0 saturated carbocycles. The van der Waals surface area contributed by atoms with Crippen molar-refractivity contribution in [2.75, 3.05) is 11.1 Å². The molecule has 2 aromatic rings. The molecule has 0 saturated heterocycles. The Labute approximate surface area is 122 Å². The van der Waals surface area contributed by atoms with Gasteiger partial charge in [0.05, 0.1) is 10.9 Å². The van der Waals surface area contributed by atoms with Crippen LogP contribution in [0.4, 0.5) is 10.8 Å². The first kappa shape index (κ1) is 14.0. The van der Waals surface area contributed by atoms with Gasteiger partial charge in [0.25, 0.3) is 0 Å². The lowest BCUT2D eigenvalue weighted by molar-refractivity contribution is -0.115. The maximum Gasteiger partial charge on any atom is 0.237 e. The molecule has 0 aliphatic heterocycles. The second-order valence-corrected chi connectivity index (χ2v) is 6.45. The van der Waals surface area contributed by atoms with E-state index in [1.165, 1.54) is 23.1 Å². The van der Waals surface area contributed by atoms with E-state index in [-0.39, 0.29) is 16.3 Å². The van der Waals surface area contributed by atoms with Crippen molar-refractivity contribution in [1.82, 2.24) is 15.2 Å². The lowest BCUT2D eigenvalue weighted by Crippen LogP contribution is -2.22. The van der Waals surface area contributed by atoms with Gasteiger partial charge in [-0.25, -0.2) is 4.98 Å². The molecule has 0 bridgehead atoms. The topological polar surface area (TPSA) is 93.8 Å². The molecule has 100 valence electrons. The molecule has 0 radical (unpaired) electrons. The summed E-state index contributed by atoms with van der Waals surface area (Å²) in [4.78, 5) is 15.9. The van der Waals surface area contributed by atoms with Crippen molar-refractivity contribution in [1.29, 1.82) is 0 Å². The van der Waals surface area contributed by atoms with Crippen LogP contribution in [0.3, 0.4) is 0 Å². The van der Waals surface area contributed by atoms with E-state index in [2.05, 4.69) is 20.5 Å². The summed E-state index contributed by atoms with van der Waals surface area (Å²) in [6.45, 7) is 1.77. The number of carbonyl (C=O) groups excluding carboxylic acids is 1. The summed E-state index contributed by atoms with van der Waals surface area (Å²) in [5, 5.41) is 10.5. The van der Waals surface area contributed by atoms with E-state index >= 15 is 0 Å². The number of hydrogen-bond acceptors (Lipinski definition) is 7. The number of nitrogen functional groups attached to an aromatic ring is 1. The minimum absolute atomic E-state index is 0.186. The van der Waals surface area contributed by atoms with E-state index in [0.717, 1.165) is 0 Å². The Morgan fingerprint density at radius 1 is 1.58 bits per heavy atom. The zero-order valence-electron chi connectivity index (χ0n) is 9.83. The van der Waals surface area contributed by atoms with Crippen LogP contribution >= 0.6 is 34.7 Å².